The van der Waals surface area contributed by atoms with Gasteiger partial charge in [0.1, 0.15) is 5.82 Å². The predicted octanol–water partition coefficient (Wildman–Crippen LogP) is 3.80. The van der Waals surface area contributed by atoms with Crippen LogP contribution >= 0.6 is 24.0 Å². The van der Waals surface area contributed by atoms with E-state index in [1.807, 2.05) is 11.9 Å². The monoisotopic (exact) mass is 337 g/mol. The summed E-state index contributed by atoms with van der Waals surface area (Å²) in [7, 11) is 1.94. The highest BCUT2D eigenvalue weighted by molar-refractivity contribution is 6.20. The molecule has 0 saturated carbocycles. The molecule has 0 aromatic heterocycles. The molecule has 1 aromatic carbocycles. The number of nitrogens with zero attached hydrogens (tertiary/aromatic N) is 1. The van der Waals surface area contributed by atoms with Gasteiger partial charge >= 0.3 is 5.97 Å². The highest BCUT2D eigenvalue weighted by Gasteiger charge is 2.10. The number of carbonyl (C=O) groups is 1. The van der Waals surface area contributed by atoms with Crippen LogP contribution in [0.4, 0.5) is 4.39 Å². The van der Waals surface area contributed by atoms with Gasteiger partial charge in [-0.3, -0.25) is 4.79 Å². The highest BCUT2D eigenvalue weighted by atomic mass is 35.5. The van der Waals surface area contributed by atoms with Crippen molar-refractivity contribution >= 4 is 30.0 Å². The van der Waals surface area contributed by atoms with Gasteiger partial charge in [-0.25, -0.2) is 4.39 Å². The van der Waals surface area contributed by atoms with Crippen LogP contribution in [0.15, 0.2) is 24.3 Å². The van der Waals surface area contributed by atoms with Gasteiger partial charge in [0.25, 0.3) is 0 Å². The zero-order valence-electron chi connectivity index (χ0n) is 12.4. The van der Waals surface area contributed by atoms with Gasteiger partial charge in [-0.05, 0) is 44.6 Å². The number of ether oxygens (including phenoxy) is 1. The van der Waals surface area contributed by atoms with Crippen LogP contribution in [0, 0.1) is 5.82 Å². The smallest absolute Gasteiger partial charge is 0.307 e. The maximum absolute atomic E-state index is 12.8. The Labute approximate surface area is 136 Å². The lowest BCUT2D eigenvalue weighted by molar-refractivity contribution is -0.143. The van der Waals surface area contributed by atoms with Crippen molar-refractivity contribution in [1.82, 2.24) is 4.90 Å². The van der Waals surface area contributed by atoms with Crippen molar-refractivity contribution in [2.45, 2.75) is 25.1 Å². The first kappa shape index (κ1) is 20.2. The Morgan fingerprint density at radius 1 is 1.33 bits per heavy atom. The standard InChI is InChI=1S/C15H21ClFNO2.ClH/c1-3-20-15(19)9-11-18(2)10-8-14(16)12-4-6-13(17)7-5-12;/h4-7,14H,3,8-11H2,1-2H3;1H. The number of benzene rings is 1. The van der Waals surface area contributed by atoms with E-state index in [0.717, 1.165) is 18.5 Å². The fraction of sp³-hybridized carbons (Fsp3) is 0.533. The zero-order valence-corrected chi connectivity index (χ0v) is 13.9. The van der Waals surface area contributed by atoms with Crippen molar-refractivity contribution < 1.29 is 13.9 Å². The van der Waals surface area contributed by atoms with Gasteiger partial charge < -0.3 is 9.64 Å². The predicted molar refractivity (Wildman–Crippen MR) is 85.6 cm³/mol. The van der Waals surface area contributed by atoms with Crippen molar-refractivity contribution in [3.05, 3.63) is 35.6 Å². The average molecular weight is 338 g/mol. The Balaban J connectivity index is 0.00000400. The average Bonchev–Trinajstić information content (AvgIpc) is 2.43. The summed E-state index contributed by atoms with van der Waals surface area (Å²) in [6.45, 7) is 3.62. The summed E-state index contributed by atoms with van der Waals surface area (Å²) < 4.78 is 17.7. The van der Waals surface area contributed by atoms with Crippen molar-refractivity contribution in [3.63, 3.8) is 0 Å². The molecule has 0 fully saturated rings. The van der Waals surface area contributed by atoms with Crippen LogP contribution in [0.2, 0.25) is 0 Å². The number of hydrogen-bond donors (Lipinski definition) is 0. The maximum atomic E-state index is 12.8. The molecule has 0 aliphatic carbocycles. The lowest BCUT2D eigenvalue weighted by atomic mass is 10.1. The van der Waals surface area contributed by atoms with E-state index in [1.54, 1.807) is 19.1 Å². The number of hydrogen-bond acceptors (Lipinski definition) is 3. The van der Waals surface area contributed by atoms with Crippen molar-refractivity contribution in [1.29, 1.82) is 0 Å². The zero-order chi connectivity index (χ0) is 15.0. The molecule has 0 radical (unpaired) electrons. The van der Waals surface area contributed by atoms with E-state index in [9.17, 15) is 9.18 Å². The Morgan fingerprint density at radius 2 is 1.95 bits per heavy atom. The van der Waals surface area contributed by atoms with Crippen LogP contribution in [0.1, 0.15) is 30.7 Å². The Morgan fingerprint density at radius 3 is 2.52 bits per heavy atom. The molecule has 1 aromatic rings. The second-order valence-electron chi connectivity index (χ2n) is 4.67. The Hall–Kier alpha value is -0.840. The van der Waals surface area contributed by atoms with Crippen LogP contribution < -0.4 is 0 Å². The highest BCUT2D eigenvalue weighted by Crippen LogP contribution is 2.24. The molecule has 0 spiro atoms. The lowest BCUT2D eigenvalue weighted by Gasteiger charge is -2.18. The molecule has 3 nitrogen and oxygen atoms in total. The minimum Gasteiger partial charge on any atom is -0.466 e. The van der Waals surface area contributed by atoms with E-state index in [0.29, 0.717) is 19.6 Å². The lowest BCUT2D eigenvalue weighted by Crippen LogP contribution is -2.24. The molecule has 1 atom stereocenters. The van der Waals surface area contributed by atoms with Gasteiger partial charge in [0, 0.05) is 6.54 Å². The first-order valence-corrected chi connectivity index (χ1v) is 7.20. The number of esters is 1. The Kier molecular flexibility index (Phi) is 10.4. The minimum absolute atomic E-state index is 0. The van der Waals surface area contributed by atoms with E-state index in [4.69, 9.17) is 16.3 Å². The normalized spacial score (nSPS) is 11.9. The van der Waals surface area contributed by atoms with Crippen LogP contribution in [0.5, 0.6) is 0 Å². The van der Waals surface area contributed by atoms with Crippen molar-refractivity contribution in [3.8, 4) is 0 Å². The van der Waals surface area contributed by atoms with E-state index in [2.05, 4.69) is 0 Å². The summed E-state index contributed by atoms with van der Waals surface area (Å²) in [5, 5.41) is -0.152. The van der Waals surface area contributed by atoms with Crippen molar-refractivity contribution in [2.75, 3.05) is 26.7 Å². The fourth-order valence-electron chi connectivity index (χ4n) is 1.80. The molecule has 0 heterocycles. The summed E-state index contributed by atoms with van der Waals surface area (Å²) in [5.74, 6) is -0.440. The SMILES string of the molecule is CCOC(=O)CCN(C)CCC(Cl)c1ccc(F)cc1.Cl. The molecule has 0 bridgehead atoms. The van der Waals surface area contributed by atoms with Gasteiger partial charge in [0.2, 0.25) is 0 Å². The molecule has 0 saturated heterocycles. The minimum atomic E-state index is -0.260. The first-order valence-electron chi connectivity index (χ1n) is 6.76. The molecular formula is C15H22Cl2FNO2. The maximum Gasteiger partial charge on any atom is 0.307 e. The summed E-state index contributed by atoms with van der Waals surface area (Å²) in [6, 6.07) is 6.22. The first-order chi connectivity index (χ1) is 9.52. The molecule has 1 unspecified atom stereocenters. The Bertz CT molecular complexity index is 415. The summed E-state index contributed by atoms with van der Waals surface area (Å²) in [6.07, 6.45) is 1.13. The third kappa shape index (κ3) is 8.24. The van der Waals surface area contributed by atoms with E-state index in [1.165, 1.54) is 12.1 Å². The number of alkyl halides is 1. The van der Waals surface area contributed by atoms with Crippen LogP contribution in [0.25, 0.3) is 0 Å². The van der Waals surface area contributed by atoms with Gasteiger partial charge in [0.05, 0.1) is 18.4 Å². The molecule has 6 heteroatoms. The molecule has 120 valence electrons. The topological polar surface area (TPSA) is 29.5 Å². The quantitative estimate of drug-likeness (QED) is 0.533. The van der Waals surface area contributed by atoms with Gasteiger partial charge in [0.15, 0.2) is 0 Å². The van der Waals surface area contributed by atoms with Crippen molar-refractivity contribution in [2.24, 2.45) is 0 Å². The van der Waals surface area contributed by atoms with Gasteiger partial charge in [-0.15, -0.1) is 24.0 Å². The summed E-state index contributed by atoms with van der Waals surface area (Å²) >= 11 is 6.27. The molecule has 1 rings (SSSR count). The van der Waals surface area contributed by atoms with Gasteiger partial charge in [-0.1, -0.05) is 12.1 Å². The summed E-state index contributed by atoms with van der Waals surface area (Å²) in [5.41, 5.74) is 0.909. The number of rotatable bonds is 8. The van der Waals surface area contributed by atoms with E-state index >= 15 is 0 Å². The molecule has 0 aliphatic heterocycles. The molecule has 21 heavy (non-hydrogen) atoms. The van der Waals surface area contributed by atoms with E-state index < -0.39 is 0 Å². The third-order valence-electron chi connectivity index (χ3n) is 3.00. The second-order valence-corrected chi connectivity index (χ2v) is 5.19. The molecular weight excluding hydrogens is 316 g/mol. The molecule has 0 amide bonds. The fourth-order valence-corrected chi connectivity index (χ4v) is 2.04. The number of carbonyl (C=O) groups excluding carboxylic acids is 1. The van der Waals surface area contributed by atoms with Crippen LogP contribution in [0.3, 0.4) is 0 Å². The van der Waals surface area contributed by atoms with Crippen LogP contribution in [-0.4, -0.2) is 37.6 Å². The molecule has 0 aliphatic rings. The van der Waals surface area contributed by atoms with Gasteiger partial charge in [-0.2, -0.15) is 0 Å². The molecule has 0 N–H and O–H groups in total. The largest absolute Gasteiger partial charge is 0.466 e. The summed E-state index contributed by atoms with van der Waals surface area (Å²) in [4.78, 5) is 13.3. The van der Waals surface area contributed by atoms with Crippen LogP contribution in [-0.2, 0) is 9.53 Å². The van der Waals surface area contributed by atoms with E-state index in [-0.39, 0.29) is 29.6 Å². The third-order valence-corrected chi connectivity index (χ3v) is 3.47. The second kappa shape index (κ2) is 10.8. The number of halogens is 3.